The third-order valence-electron chi connectivity index (χ3n) is 2.32. The minimum Gasteiger partial charge on any atom is -0.493 e. The first-order valence-electron chi connectivity index (χ1n) is 5.15. The number of thioether (sulfide) groups is 1. The fourth-order valence-corrected chi connectivity index (χ4v) is 2.12. The maximum absolute atomic E-state index is 11.8. The lowest BCUT2D eigenvalue weighted by Crippen LogP contribution is -2.18. The lowest BCUT2D eigenvalue weighted by atomic mass is 10.1. The number of ether oxygens (including phenoxy) is 2. The molecule has 0 atom stereocenters. The van der Waals surface area contributed by atoms with Crippen LogP contribution >= 0.6 is 11.8 Å². The van der Waals surface area contributed by atoms with Crippen molar-refractivity contribution in [2.75, 3.05) is 34.1 Å². The summed E-state index contributed by atoms with van der Waals surface area (Å²) in [5.41, 5.74) is 0.626. The van der Waals surface area contributed by atoms with E-state index in [1.54, 1.807) is 27.3 Å². The number of rotatable bonds is 6. The number of likely N-dealkylation sites (N-methyl/N-ethyl adjacent to an activating group) is 1. The standard InChI is InChI=1S/C12H17NO3S/c1-13-7-9(14)8-5-10(15-2)12(16-3)11(6-8)17-4/h5-6,13H,7H2,1-4H3. The first kappa shape index (κ1) is 13.9. The maximum atomic E-state index is 11.8. The smallest absolute Gasteiger partial charge is 0.176 e. The molecule has 0 aliphatic carbocycles. The Kier molecular flexibility index (Phi) is 5.31. The van der Waals surface area contributed by atoms with Crippen molar-refractivity contribution >= 4 is 17.5 Å². The van der Waals surface area contributed by atoms with Crippen LogP contribution in [0.2, 0.25) is 0 Å². The van der Waals surface area contributed by atoms with E-state index in [4.69, 9.17) is 9.47 Å². The van der Waals surface area contributed by atoms with Crippen molar-refractivity contribution < 1.29 is 14.3 Å². The van der Waals surface area contributed by atoms with E-state index in [1.165, 1.54) is 11.8 Å². The summed E-state index contributed by atoms with van der Waals surface area (Å²) in [4.78, 5) is 12.7. The molecule has 94 valence electrons. The van der Waals surface area contributed by atoms with E-state index in [1.807, 2.05) is 12.3 Å². The number of benzene rings is 1. The Bertz CT molecular complexity index is 382. The molecule has 1 rings (SSSR count). The predicted molar refractivity (Wildman–Crippen MR) is 69.6 cm³/mol. The highest BCUT2D eigenvalue weighted by Crippen LogP contribution is 2.37. The molecule has 0 fully saturated rings. The summed E-state index contributed by atoms with van der Waals surface area (Å²) >= 11 is 1.52. The molecule has 0 aliphatic rings. The van der Waals surface area contributed by atoms with Crippen molar-refractivity contribution in [3.8, 4) is 11.5 Å². The number of nitrogens with one attached hydrogen (secondary N) is 1. The number of hydrogen-bond acceptors (Lipinski definition) is 5. The lowest BCUT2D eigenvalue weighted by molar-refractivity contribution is 0.0993. The minimum atomic E-state index is 0.0313. The van der Waals surface area contributed by atoms with Crippen molar-refractivity contribution in [1.29, 1.82) is 0 Å². The van der Waals surface area contributed by atoms with Crippen molar-refractivity contribution in [3.05, 3.63) is 17.7 Å². The Balaban J connectivity index is 3.22. The van der Waals surface area contributed by atoms with Crippen LogP contribution in [0.3, 0.4) is 0 Å². The van der Waals surface area contributed by atoms with Gasteiger partial charge in [0.1, 0.15) is 0 Å². The quantitative estimate of drug-likeness (QED) is 0.620. The van der Waals surface area contributed by atoms with E-state index in [2.05, 4.69) is 5.32 Å². The minimum absolute atomic E-state index is 0.0313. The zero-order chi connectivity index (χ0) is 12.8. The van der Waals surface area contributed by atoms with E-state index in [0.29, 0.717) is 23.6 Å². The van der Waals surface area contributed by atoms with Gasteiger partial charge in [0.25, 0.3) is 0 Å². The van der Waals surface area contributed by atoms with Gasteiger partial charge in [-0.2, -0.15) is 0 Å². The van der Waals surface area contributed by atoms with Crippen LogP contribution in [-0.4, -0.2) is 39.9 Å². The predicted octanol–water partition coefficient (Wildman–Crippen LogP) is 1.83. The van der Waals surface area contributed by atoms with Gasteiger partial charge in [0.15, 0.2) is 17.3 Å². The van der Waals surface area contributed by atoms with Gasteiger partial charge in [-0.05, 0) is 25.4 Å². The van der Waals surface area contributed by atoms with Gasteiger partial charge in [-0.1, -0.05) is 0 Å². The van der Waals surface area contributed by atoms with Gasteiger partial charge >= 0.3 is 0 Å². The number of carbonyl (C=O) groups excluding carboxylic acids is 1. The van der Waals surface area contributed by atoms with E-state index in [-0.39, 0.29) is 5.78 Å². The molecule has 0 spiro atoms. The van der Waals surface area contributed by atoms with Gasteiger partial charge in [-0.3, -0.25) is 4.79 Å². The van der Waals surface area contributed by atoms with Gasteiger partial charge in [-0.25, -0.2) is 0 Å². The SMILES string of the molecule is CNCC(=O)c1cc(OC)c(OC)c(SC)c1. The van der Waals surface area contributed by atoms with Crippen LogP contribution in [0.25, 0.3) is 0 Å². The third-order valence-corrected chi connectivity index (χ3v) is 3.07. The maximum Gasteiger partial charge on any atom is 0.176 e. The van der Waals surface area contributed by atoms with Gasteiger partial charge in [0.2, 0.25) is 0 Å². The first-order valence-corrected chi connectivity index (χ1v) is 6.38. The van der Waals surface area contributed by atoms with Crippen LogP contribution in [0, 0.1) is 0 Å². The second-order valence-electron chi connectivity index (χ2n) is 3.37. The third kappa shape index (κ3) is 3.14. The lowest BCUT2D eigenvalue weighted by Gasteiger charge is -2.13. The van der Waals surface area contributed by atoms with Crippen LogP contribution < -0.4 is 14.8 Å². The Labute approximate surface area is 106 Å². The molecule has 1 aromatic carbocycles. The summed E-state index contributed by atoms with van der Waals surface area (Å²) in [7, 11) is 4.90. The number of hydrogen-bond donors (Lipinski definition) is 1. The molecule has 0 radical (unpaired) electrons. The molecular weight excluding hydrogens is 238 g/mol. The zero-order valence-electron chi connectivity index (χ0n) is 10.5. The normalized spacial score (nSPS) is 10.1. The molecule has 0 aromatic heterocycles. The Hall–Kier alpha value is -1.20. The van der Waals surface area contributed by atoms with E-state index in [9.17, 15) is 4.79 Å². The summed E-state index contributed by atoms with van der Waals surface area (Å²) in [6, 6.07) is 3.53. The molecule has 1 N–H and O–H groups in total. The molecule has 0 heterocycles. The second-order valence-corrected chi connectivity index (χ2v) is 4.22. The molecule has 1 aromatic rings. The average molecular weight is 255 g/mol. The summed E-state index contributed by atoms with van der Waals surface area (Å²) in [6.07, 6.45) is 1.93. The molecule has 0 saturated carbocycles. The van der Waals surface area contributed by atoms with Crippen molar-refractivity contribution in [2.45, 2.75) is 4.90 Å². The fourth-order valence-electron chi connectivity index (χ4n) is 1.50. The molecule has 4 nitrogen and oxygen atoms in total. The molecule has 0 unspecified atom stereocenters. The van der Waals surface area contributed by atoms with Crippen molar-refractivity contribution in [2.24, 2.45) is 0 Å². The Morgan fingerprint density at radius 3 is 2.53 bits per heavy atom. The second kappa shape index (κ2) is 6.51. The molecular formula is C12H17NO3S. The highest BCUT2D eigenvalue weighted by Gasteiger charge is 2.15. The van der Waals surface area contributed by atoms with Crippen LogP contribution in [0.1, 0.15) is 10.4 Å². The van der Waals surface area contributed by atoms with E-state index < -0.39 is 0 Å². The average Bonchev–Trinajstić information content (AvgIpc) is 2.37. The topological polar surface area (TPSA) is 47.6 Å². The van der Waals surface area contributed by atoms with Crippen LogP contribution in [-0.2, 0) is 0 Å². The largest absolute Gasteiger partial charge is 0.493 e. The van der Waals surface area contributed by atoms with Gasteiger partial charge in [-0.15, -0.1) is 11.8 Å². The summed E-state index contributed by atoms with van der Waals surface area (Å²) in [5.74, 6) is 1.28. The van der Waals surface area contributed by atoms with Crippen molar-refractivity contribution in [3.63, 3.8) is 0 Å². The van der Waals surface area contributed by atoms with E-state index in [0.717, 1.165) is 4.90 Å². The van der Waals surface area contributed by atoms with Crippen molar-refractivity contribution in [1.82, 2.24) is 5.32 Å². The molecule has 0 amide bonds. The fraction of sp³-hybridized carbons (Fsp3) is 0.417. The molecule has 0 bridgehead atoms. The van der Waals surface area contributed by atoms with E-state index >= 15 is 0 Å². The number of carbonyl (C=O) groups is 1. The zero-order valence-corrected chi connectivity index (χ0v) is 11.3. The van der Waals surface area contributed by atoms with Crippen LogP contribution in [0.4, 0.5) is 0 Å². The number of methoxy groups -OCH3 is 2. The molecule has 0 aliphatic heterocycles. The molecule has 17 heavy (non-hydrogen) atoms. The number of Topliss-reactive ketones (excluding diaryl/α,β-unsaturated/α-hetero) is 1. The van der Waals surface area contributed by atoms with Gasteiger partial charge < -0.3 is 14.8 Å². The molecule has 5 heteroatoms. The number of ketones is 1. The summed E-state index contributed by atoms with van der Waals surface area (Å²) in [5, 5.41) is 2.84. The summed E-state index contributed by atoms with van der Waals surface area (Å²) < 4.78 is 10.5. The molecule has 0 saturated heterocycles. The Morgan fingerprint density at radius 1 is 1.35 bits per heavy atom. The van der Waals surface area contributed by atoms with Crippen LogP contribution in [0.5, 0.6) is 11.5 Å². The summed E-state index contributed by atoms with van der Waals surface area (Å²) in [6.45, 7) is 0.309. The highest BCUT2D eigenvalue weighted by atomic mass is 32.2. The highest BCUT2D eigenvalue weighted by molar-refractivity contribution is 7.98. The van der Waals surface area contributed by atoms with Gasteiger partial charge in [0, 0.05) is 5.56 Å². The van der Waals surface area contributed by atoms with Gasteiger partial charge in [0.05, 0.1) is 25.7 Å². The van der Waals surface area contributed by atoms with Crippen LogP contribution in [0.15, 0.2) is 17.0 Å². The monoisotopic (exact) mass is 255 g/mol. The Morgan fingerprint density at radius 2 is 2.06 bits per heavy atom. The first-order chi connectivity index (χ1) is 8.17.